The Bertz CT molecular complexity index is 297. The van der Waals surface area contributed by atoms with E-state index in [1.807, 2.05) is 0 Å². The maximum Gasteiger partial charge on any atom is 0.0232 e. The second kappa shape index (κ2) is 10.7. The first-order valence-electron chi connectivity index (χ1n) is 5.46. The van der Waals surface area contributed by atoms with E-state index >= 15 is 0 Å². The molecule has 0 amide bonds. The third-order valence-corrected chi connectivity index (χ3v) is 2.78. The largest absolute Gasteiger partial charge is 0.674 e. The smallest absolute Gasteiger partial charge is 0.0232 e. The molecule has 2 rings (SSSR count). The molecule has 88 valence electrons. The van der Waals surface area contributed by atoms with Gasteiger partial charge in [0.2, 0.25) is 0 Å². The Kier molecular flexibility index (Phi) is 12.0. The van der Waals surface area contributed by atoms with Gasteiger partial charge in [-0.3, -0.25) is 0 Å². The Morgan fingerprint density at radius 2 is 1.53 bits per heavy atom. The number of nitrogens with zero attached hydrogens (tertiary/aromatic N) is 2. The van der Waals surface area contributed by atoms with E-state index in [9.17, 15) is 0 Å². The van der Waals surface area contributed by atoms with Crippen LogP contribution in [0.1, 0.15) is 11.1 Å². The summed E-state index contributed by atoms with van der Waals surface area (Å²) < 4.78 is 0. The van der Waals surface area contributed by atoms with Crippen LogP contribution in [0.25, 0.3) is 11.1 Å². The van der Waals surface area contributed by atoms with Crippen molar-refractivity contribution in [1.82, 2.24) is 4.90 Å². The minimum atomic E-state index is 0. The van der Waals surface area contributed by atoms with Crippen molar-refractivity contribution in [2.75, 3.05) is 26.2 Å². The van der Waals surface area contributed by atoms with Crippen molar-refractivity contribution in [3.8, 4) is 0 Å². The molecule has 1 aromatic rings. The second-order valence-corrected chi connectivity index (χ2v) is 3.94. The van der Waals surface area contributed by atoms with E-state index in [4.69, 9.17) is 5.73 Å². The molecule has 1 aliphatic rings. The second-order valence-electron chi connectivity index (χ2n) is 3.94. The van der Waals surface area contributed by atoms with E-state index in [2.05, 4.69) is 34.5 Å². The van der Waals surface area contributed by atoms with Crippen LogP contribution in [-0.2, 0) is 13.1 Å². The SMILES string of the molecule is [Ac].[Ac].[NH-]Cc1ccc(CN2CC[N-]CC2)cc1. The summed E-state index contributed by atoms with van der Waals surface area (Å²) in [4.78, 5) is 2.43. The van der Waals surface area contributed by atoms with E-state index < -0.39 is 0 Å². The molecule has 3 nitrogen and oxygen atoms in total. The van der Waals surface area contributed by atoms with Gasteiger partial charge in [0.15, 0.2) is 0 Å². The fourth-order valence-electron chi connectivity index (χ4n) is 1.83. The van der Waals surface area contributed by atoms with Crippen molar-refractivity contribution in [1.29, 1.82) is 0 Å². The van der Waals surface area contributed by atoms with Crippen LogP contribution in [0.2, 0.25) is 0 Å². The third kappa shape index (κ3) is 6.80. The van der Waals surface area contributed by atoms with E-state index in [-0.39, 0.29) is 88.1 Å². The summed E-state index contributed by atoms with van der Waals surface area (Å²) >= 11 is 0. The molecule has 1 aromatic carbocycles. The summed E-state index contributed by atoms with van der Waals surface area (Å²) in [6, 6.07) is 8.37. The number of rotatable bonds is 3. The molecule has 0 bridgehead atoms. The number of benzene rings is 1. The van der Waals surface area contributed by atoms with E-state index in [1.54, 1.807) is 0 Å². The van der Waals surface area contributed by atoms with Crippen molar-refractivity contribution in [2.24, 2.45) is 0 Å². The van der Waals surface area contributed by atoms with Gasteiger partial charge in [-0.2, -0.15) is 0 Å². The number of piperazine rings is 1. The summed E-state index contributed by atoms with van der Waals surface area (Å²) in [6.07, 6.45) is 0. The van der Waals surface area contributed by atoms with E-state index in [1.165, 1.54) is 5.56 Å². The Hall–Kier alpha value is 1.98. The van der Waals surface area contributed by atoms with Crippen LogP contribution in [0.15, 0.2) is 24.3 Å². The molecule has 1 heterocycles. The number of hydrogen-bond acceptors (Lipinski definition) is 1. The Morgan fingerprint density at radius 1 is 1.00 bits per heavy atom. The Labute approximate surface area is 175 Å². The quantitative estimate of drug-likeness (QED) is 0.493. The first kappa shape index (κ1) is 19.0. The minimum Gasteiger partial charge on any atom is -0.674 e. The zero-order valence-electron chi connectivity index (χ0n) is 10.1. The fourth-order valence-corrected chi connectivity index (χ4v) is 1.83. The zero-order valence-corrected chi connectivity index (χ0v) is 19.6. The third-order valence-electron chi connectivity index (χ3n) is 2.78. The van der Waals surface area contributed by atoms with E-state index in [0.717, 1.165) is 38.3 Å². The molecule has 0 unspecified atom stereocenters. The molecule has 0 aliphatic carbocycles. The van der Waals surface area contributed by atoms with Crippen LogP contribution in [0.5, 0.6) is 0 Å². The van der Waals surface area contributed by atoms with Gasteiger partial charge in [0.1, 0.15) is 0 Å². The molecule has 1 aliphatic heterocycles. The van der Waals surface area contributed by atoms with Crippen LogP contribution < -0.4 is 0 Å². The van der Waals surface area contributed by atoms with Crippen molar-refractivity contribution in [3.63, 3.8) is 0 Å². The molecule has 0 saturated carbocycles. The summed E-state index contributed by atoms with van der Waals surface area (Å²) in [5.74, 6) is 0. The van der Waals surface area contributed by atoms with Crippen molar-refractivity contribution in [2.45, 2.75) is 13.1 Å². The molecule has 0 spiro atoms. The predicted molar refractivity (Wildman–Crippen MR) is 62.8 cm³/mol. The van der Waals surface area contributed by atoms with Crippen LogP contribution >= 0.6 is 0 Å². The zero-order chi connectivity index (χ0) is 10.5. The molecular formula is C12H17Ac2N3-2. The monoisotopic (exact) mass is 657 g/mol. The summed E-state index contributed by atoms with van der Waals surface area (Å²) in [5.41, 5.74) is 9.68. The average molecular weight is 657 g/mol. The van der Waals surface area contributed by atoms with Gasteiger partial charge in [-0.15, -0.1) is 19.6 Å². The maximum atomic E-state index is 7.24. The topological polar surface area (TPSA) is 41.1 Å². The van der Waals surface area contributed by atoms with Crippen molar-refractivity contribution in [3.05, 3.63) is 46.4 Å². The van der Waals surface area contributed by atoms with Gasteiger partial charge >= 0.3 is 0 Å². The standard InChI is InChI=1S/C12H17N3.2Ac/c13-9-11-1-3-12(4-2-11)10-15-7-5-14-6-8-15;;/h1-4,13H,5-10H2;;/q-2;;. The molecule has 2 radical (unpaired) electrons. The first-order chi connectivity index (χ1) is 7.38. The van der Waals surface area contributed by atoms with Gasteiger partial charge in [-0.1, -0.05) is 29.8 Å². The van der Waals surface area contributed by atoms with Crippen LogP contribution in [-0.4, -0.2) is 31.1 Å². The predicted octanol–water partition coefficient (Wildman–Crippen LogP) is 2.43. The fraction of sp³-hybridized carbons (Fsp3) is 0.500. The molecule has 0 aromatic heterocycles. The van der Waals surface area contributed by atoms with Crippen LogP contribution in [0.4, 0.5) is 0 Å². The maximum absolute atomic E-state index is 7.24. The molecular weight excluding hydrogens is 640 g/mol. The van der Waals surface area contributed by atoms with Gasteiger partial charge in [0.25, 0.3) is 0 Å². The minimum absolute atomic E-state index is 0. The molecule has 5 heteroatoms. The van der Waals surface area contributed by atoms with Crippen LogP contribution in [0, 0.1) is 88.1 Å². The van der Waals surface area contributed by atoms with Crippen LogP contribution in [0.3, 0.4) is 0 Å². The molecule has 1 saturated heterocycles. The van der Waals surface area contributed by atoms with Crippen molar-refractivity contribution < 1.29 is 88.1 Å². The van der Waals surface area contributed by atoms with Gasteiger partial charge in [0.05, 0.1) is 0 Å². The van der Waals surface area contributed by atoms with Gasteiger partial charge in [0, 0.05) is 94.7 Å². The summed E-state index contributed by atoms with van der Waals surface area (Å²) in [6.45, 7) is 5.52. The molecule has 0 atom stereocenters. The number of hydrogen-bond donors (Lipinski definition) is 0. The number of nitrogens with one attached hydrogen (secondary N) is 1. The molecule has 1 fully saturated rings. The van der Waals surface area contributed by atoms with E-state index in [0.29, 0.717) is 6.54 Å². The molecule has 17 heavy (non-hydrogen) atoms. The van der Waals surface area contributed by atoms with Gasteiger partial charge in [-0.25, -0.2) is 0 Å². The summed E-state index contributed by atoms with van der Waals surface area (Å²) in [5, 5.41) is 4.33. The first-order valence-corrected chi connectivity index (χ1v) is 5.46. The average Bonchev–Trinajstić information content (AvgIpc) is 2.31. The Morgan fingerprint density at radius 3 is 2.06 bits per heavy atom. The Balaban J connectivity index is 0.00000128. The van der Waals surface area contributed by atoms with Crippen molar-refractivity contribution >= 4 is 0 Å². The molecule has 1 N–H and O–H groups in total. The van der Waals surface area contributed by atoms with Gasteiger partial charge in [-0.05, 0) is 18.7 Å². The van der Waals surface area contributed by atoms with Gasteiger partial charge < -0.3 is 16.0 Å². The normalized spacial score (nSPS) is 15.8. The summed E-state index contributed by atoms with van der Waals surface area (Å²) in [7, 11) is 0.